The zero-order chi connectivity index (χ0) is 28.5. The lowest BCUT2D eigenvalue weighted by atomic mass is 10.1. The molecule has 40 heavy (non-hydrogen) atoms. The molecule has 10 heteroatoms. The predicted molar refractivity (Wildman–Crippen MR) is 149 cm³/mol. The maximum absolute atomic E-state index is 13.3. The minimum atomic E-state index is -0.476. The summed E-state index contributed by atoms with van der Waals surface area (Å²) < 4.78 is 27.5. The molecule has 4 aromatic rings. The molecule has 0 unspecified atom stereocenters. The summed E-state index contributed by atoms with van der Waals surface area (Å²) in [6, 6.07) is 19.2. The maximum atomic E-state index is 13.3. The summed E-state index contributed by atoms with van der Waals surface area (Å²) in [5, 5.41) is 7.71. The molecule has 2 N–H and O–H groups in total. The van der Waals surface area contributed by atoms with Crippen molar-refractivity contribution in [2.45, 2.75) is 13.3 Å². The molecule has 208 valence electrons. The van der Waals surface area contributed by atoms with Crippen molar-refractivity contribution >= 4 is 22.8 Å². The topological polar surface area (TPSA) is 121 Å². The van der Waals surface area contributed by atoms with E-state index >= 15 is 0 Å². The van der Waals surface area contributed by atoms with Gasteiger partial charge in [-0.05, 0) is 67.4 Å². The van der Waals surface area contributed by atoms with Crippen LogP contribution in [0.2, 0.25) is 0 Å². The molecule has 1 heterocycles. The Morgan fingerprint density at radius 1 is 0.850 bits per heavy atom. The average molecular weight is 546 g/mol. The van der Waals surface area contributed by atoms with E-state index in [-0.39, 0.29) is 11.1 Å². The van der Waals surface area contributed by atoms with Gasteiger partial charge in [0.1, 0.15) is 11.3 Å². The normalized spacial score (nSPS) is 11.2. The number of methoxy groups -OCH3 is 3. The lowest BCUT2D eigenvalue weighted by molar-refractivity contribution is 0.0934. The zero-order valence-electron chi connectivity index (χ0n) is 22.8. The first-order valence-electron chi connectivity index (χ1n) is 12.6. The molecule has 0 spiro atoms. The number of carbonyl (C=O) groups is 2. The summed E-state index contributed by atoms with van der Waals surface area (Å²) in [4.78, 5) is 26.0. The number of carbonyl (C=O) groups excluding carboxylic acids is 2. The van der Waals surface area contributed by atoms with Gasteiger partial charge >= 0.3 is 0 Å². The second-order valence-corrected chi connectivity index (χ2v) is 8.55. The van der Waals surface area contributed by atoms with Crippen LogP contribution < -0.4 is 35.2 Å². The number of nitrogens with zero attached hydrogens (tertiary/aromatic N) is 1. The molecule has 4 rings (SSSR count). The molecule has 0 aliphatic carbocycles. The molecule has 0 saturated heterocycles. The predicted octanol–water partition coefficient (Wildman–Crippen LogP) is 4.08. The number of nitrogens with one attached hydrogen (secondary N) is 2. The largest absolute Gasteiger partial charge is 0.497 e. The Kier molecular flexibility index (Phi) is 9.24. The molecular formula is C30H31N3O7. The van der Waals surface area contributed by atoms with Crippen LogP contribution in [0.25, 0.3) is 11.0 Å². The van der Waals surface area contributed by atoms with Crippen molar-refractivity contribution in [1.29, 1.82) is 0 Å². The van der Waals surface area contributed by atoms with E-state index in [9.17, 15) is 9.59 Å². The van der Waals surface area contributed by atoms with E-state index in [0.717, 1.165) is 5.56 Å². The molecular weight excluding hydrogens is 514 g/mol. The lowest BCUT2D eigenvalue weighted by Crippen LogP contribution is -2.32. The van der Waals surface area contributed by atoms with Gasteiger partial charge in [0.15, 0.2) is 22.8 Å². The number of hydrogen-bond acceptors (Lipinski definition) is 8. The first kappa shape index (κ1) is 28.0. The molecule has 2 amide bonds. The van der Waals surface area contributed by atoms with E-state index in [4.69, 9.17) is 23.4 Å². The summed E-state index contributed by atoms with van der Waals surface area (Å²) in [5.74, 6) is 1.47. The quantitative estimate of drug-likeness (QED) is 0.273. The van der Waals surface area contributed by atoms with Crippen molar-refractivity contribution in [2.75, 3.05) is 34.5 Å². The number of fused-ring (bicyclic) bond motifs is 1. The first-order valence-corrected chi connectivity index (χ1v) is 12.6. The van der Waals surface area contributed by atoms with Crippen molar-refractivity contribution in [3.8, 4) is 23.0 Å². The van der Waals surface area contributed by atoms with Gasteiger partial charge in [-0.15, -0.1) is 5.10 Å². The number of amides is 2. The molecule has 1 aromatic heterocycles. The van der Waals surface area contributed by atoms with E-state index in [0.29, 0.717) is 59.1 Å². The third-order valence-electron chi connectivity index (χ3n) is 6.04. The fourth-order valence-electron chi connectivity index (χ4n) is 4.00. The van der Waals surface area contributed by atoms with Gasteiger partial charge in [-0.25, -0.2) is 5.43 Å². The van der Waals surface area contributed by atoms with E-state index in [1.807, 2.05) is 37.3 Å². The van der Waals surface area contributed by atoms with Crippen LogP contribution in [0.5, 0.6) is 23.0 Å². The Balaban J connectivity index is 1.60. The smallest absolute Gasteiger partial charge is 0.271 e. The second kappa shape index (κ2) is 13.2. The number of rotatable bonds is 11. The van der Waals surface area contributed by atoms with Crippen LogP contribution in [-0.2, 0) is 6.42 Å². The second-order valence-electron chi connectivity index (χ2n) is 8.55. The molecule has 0 aliphatic heterocycles. The lowest BCUT2D eigenvalue weighted by Gasteiger charge is -2.11. The van der Waals surface area contributed by atoms with Crippen LogP contribution in [0.3, 0.4) is 0 Å². The van der Waals surface area contributed by atoms with Crippen LogP contribution in [0.15, 0.2) is 76.2 Å². The van der Waals surface area contributed by atoms with Gasteiger partial charge in [0.2, 0.25) is 5.55 Å². The molecule has 0 fully saturated rings. The van der Waals surface area contributed by atoms with Crippen LogP contribution in [0.4, 0.5) is 0 Å². The van der Waals surface area contributed by atoms with Gasteiger partial charge in [0.05, 0.1) is 27.9 Å². The van der Waals surface area contributed by atoms with Gasteiger partial charge in [-0.2, -0.15) is 0 Å². The Morgan fingerprint density at radius 3 is 2.33 bits per heavy atom. The third kappa shape index (κ3) is 6.52. The fraction of sp³-hybridized carbons (Fsp3) is 0.233. The highest BCUT2D eigenvalue weighted by Gasteiger charge is 2.16. The molecule has 3 aromatic carbocycles. The van der Waals surface area contributed by atoms with Crippen LogP contribution in [0, 0.1) is 0 Å². The summed E-state index contributed by atoms with van der Waals surface area (Å²) in [6.07, 6.45) is 0.548. The standard InChI is InChI=1S/C30H31N3O7/c1-5-39-25-8-6-7-21-18-23(29(35)31-16-15-19-9-14-24(37-3)26(17-19)38-4)30(40-27(21)25)33-32-28(34)20-10-12-22(36-2)13-11-20/h6-14,17-18H,5,15-16H2,1-4H3,(H,31,35)(H,32,34)/b33-30+. The molecule has 10 nitrogen and oxygen atoms in total. The summed E-state index contributed by atoms with van der Waals surface area (Å²) in [5.41, 5.74) is 4.29. The SMILES string of the molecule is CCOc1cccc2cc(C(=O)NCCc3ccc(OC)c(OC)c3)/c(=N\NC(=O)c3ccc(OC)cc3)oc12. The Bertz CT molecular complexity index is 1560. The van der Waals surface area contributed by atoms with Crippen LogP contribution in [0.1, 0.15) is 33.2 Å². The minimum absolute atomic E-state index is 0.0647. The highest BCUT2D eigenvalue weighted by Crippen LogP contribution is 2.28. The van der Waals surface area contributed by atoms with E-state index in [2.05, 4.69) is 15.8 Å². The Hall–Kier alpha value is -4.99. The third-order valence-corrected chi connectivity index (χ3v) is 6.04. The van der Waals surface area contributed by atoms with Gasteiger partial charge in [-0.1, -0.05) is 18.2 Å². The number of benzene rings is 3. The summed E-state index contributed by atoms with van der Waals surface area (Å²) in [7, 11) is 4.69. The summed E-state index contributed by atoms with van der Waals surface area (Å²) >= 11 is 0. The maximum Gasteiger partial charge on any atom is 0.271 e. The highest BCUT2D eigenvalue weighted by atomic mass is 16.5. The van der Waals surface area contributed by atoms with E-state index in [1.54, 1.807) is 57.7 Å². The van der Waals surface area contributed by atoms with Crippen molar-refractivity contribution in [3.63, 3.8) is 0 Å². The summed E-state index contributed by atoms with van der Waals surface area (Å²) in [6.45, 7) is 2.62. The minimum Gasteiger partial charge on any atom is -0.497 e. The van der Waals surface area contributed by atoms with Gasteiger partial charge in [0.25, 0.3) is 11.8 Å². The average Bonchev–Trinajstić information content (AvgIpc) is 2.99. The van der Waals surface area contributed by atoms with Gasteiger partial charge in [0, 0.05) is 17.5 Å². The Morgan fingerprint density at radius 2 is 1.62 bits per heavy atom. The van der Waals surface area contributed by atoms with E-state index < -0.39 is 11.8 Å². The molecule has 0 radical (unpaired) electrons. The first-order chi connectivity index (χ1) is 19.5. The Labute approximate surface area is 231 Å². The van der Waals surface area contributed by atoms with Crippen LogP contribution >= 0.6 is 0 Å². The van der Waals surface area contributed by atoms with Crippen molar-refractivity contribution in [3.05, 3.63) is 89.0 Å². The van der Waals surface area contributed by atoms with Crippen LogP contribution in [-0.4, -0.2) is 46.3 Å². The molecule has 0 bridgehead atoms. The van der Waals surface area contributed by atoms with E-state index in [1.165, 1.54) is 0 Å². The number of ether oxygens (including phenoxy) is 4. The van der Waals surface area contributed by atoms with Crippen molar-refractivity contribution in [1.82, 2.24) is 10.7 Å². The molecule has 0 aliphatic rings. The molecule has 0 saturated carbocycles. The number of hydrogen-bond donors (Lipinski definition) is 2. The van der Waals surface area contributed by atoms with Crippen molar-refractivity contribution in [2.24, 2.45) is 5.10 Å². The number of para-hydroxylation sites is 1. The zero-order valence-corrected chi connectivity index (χ0v) is 22.8. The highest BCUT2D eigenvalue weighted by molar-refractivity contribution is 5.97. The fourth-order valence-corrected chi connectivity index (χ4v) is 4.00. The van der Waals surface area contributed by atoms with Crippen molar-refractivity contribution < 1.29 is 33.0 Å². The molecule has 0 atom stereocenters. The van der Waals surface area contributed by atoms with Gasteiger partial charge in [-0.3, -0.25) is 9.59 Å². The monoisotopic (exact) mass is 545 g/mol. The van der Waals surface area contributed by atoms with Gasteiger partial charge < -0.3 is 28.7 Å².